The number of benzene rings is 2. The van der Waals surface area contributed by atoms with Crippen LogP contribution in [-0.4, -0.2) is 69.5 Å². The van der Waals surface area contributed by atoms with Crippen molar-refractivity contribution < 1.29 is 18.5 Å². The van der Waals surface area contributed by atoms with Gasteiger partial charge in [0.2, 0.25) is 11.8 Å². The third kappa shape index (κ3) is 5.91. The first-order valence-electron chi connectivity index (χ1n) is 10.6. The van der Waals surface area contributed by atoms with Gasteiger partial charge in [0.15, 0.2) is 5.95 Å². The molecule has 34 heavy (non-hydrogen) atoms. The average molecular weight is 487 g/mol. The van der Waals surface area contributed by atoms with E-state index in [1.807, 2.05) is 44.2 Å². The molecule has 0 saturated carbocycles. The van der Waals surface area contributed by atoms with Crippen molar-refractivity contribution in [2.24, 2.45) is 0 Å². The van der Waals surface area contributed by atoms with Gasteiger partial charge in [-0.2, -0.15) is 0 Å². The number of anilines is 1. The van der Waals surface area contributed by atoms with E-state index in [9.17, 15) is 13.8 Å². The van der Waals surface area contributed by atoms with Crippen molar-refractivity contribution >= 4 is 39.8 Å². The summed E-state index contributed by atoms with van der Waals surface area (Å²) in [5.74, 6) is 0.383. The van der Waals surface area contributed by atoms with Crippen LogP contribution in [0.1, 0.15) is 16.7 Å². The summed E-state index contributed by atoms with van der Waals surface area (Å²) >= 11 is 0. The maximum Gasteiger partial charge on any atom is 0.242 e. The number of likely N-dealkylation sites (N-methyl/N-ethyl adjacent to an activating group) is 2. The average Bonchev–Trinajstić information content (AvgIpc) is 3.15. The van der Waals surface area contributed by atoms with Crippen LogP contribution in [-0.2, 0) is 27.1 Å². The molecule has 1 aromatic heterocycles. The molecular weight excluding hydrogens is 456 g/mol. The van der Waals surface area contributed by atoms with Crippen LogP contribution in [0.5, 0.6) is 5.75 Å². The van der Waals surface area contributed by atoms with Crippen LogP contribution in [0.4, 0.5) is 5.95 Å². The Bertz CT molecular complexity index is 1220. The maximum absolute atomic E-state index is 13.0. The van der Waals surface area contributed by atoms with E-state index in [-0.39, 0.29) is 19.0 Å². The monoisotopic (exact) mass is 486 g/mol. The molecule has 2 amide bonds. The molecule has 182 valence electrons. The van der Waals surface area contributed by atoms with E-state index in [1.165, 1.54) is 9.21 Å². The van der Waals surface area contributed by atoms with Crippen LogP contribution in [0.25, 0.3) is 11.0 Å². The summed E-state index contributed by atoms with van der Waals surface area (Å²) in [6.45, 7) is 3.79. The summed E-state index contributed by atoms with van der Waals surface area (Å²) in [7, 11) is 3.31. The SMILES string of the molecule is COc1cc(C)c(S(=O)N(C)CC(=O)NCC(=O)N(C)Cc2ccc3nc(N)[nH]c3c2)c(C)c1. The first-order valence-corrected chi connectivity index (χ1v) is 11.7. The van der Waals surface area contributed by atoms with Gasteiger partial charge < -0.3 is 25.7 Å². The molecule has 0 aliphatic rings. The number of fused-ring (bicyclic) bond motifs is 1. The summed E-state index contributed by atoms with van der Waals surface area (Å²) in [6, 6.07) is 9.20. The number of methoxy groups -OCH3 is 1. The summed E-state index contributed by atoms with van der Waals surface area (Å²) in [4.78, 5) is 34.2. The second-order valence-electron chi connectivity index (χ2n) is 8.13. The molecule has 2 aromatic carbocycles. The number of nitrogens with two attached hydrogens (primary N) is 1. The number of hydrogen-bond acceptors (Lipinski definition) is 6. The molecule has 4 N–H and O–H groups in total. The Balaban J connectivity index is 1.52. The van der Waals surface area contributed by atoms with Crippen LogP contribution in [0, 0.1) is 13.8 Å². The summed E-state index contributed by atoms with van der Waals surface area (Å²) in [6.07, 6.45) is 0. The smallest absolute Gasteiger partial charge is 0.242 e. The molecule has 0 bridgehead atoms. The molecule has 0 radical (unpaired) electrons. The van der Waals surface area contributed by atoms with Gasteiger partial charge >= 0.3 is 0 Å². The van der Waals surface area contributed by atoms with Gasteiger partial charge in [-0.15, -0.1) is 0 Å². The highest BCUT2D eigenvalue weighted by Crippen LogP contribution is 2.25. The van der Waals surface area contributed by atoms with Crippen molar-refractivity contribution in [2.75, 3.05) is 40.0 Å². The van der Waals surface area contributed by atoms with Gasteiger partial charge in [-0.1, -0.05) is 6.07 Å². The zero-order valence-electron chi connectivity index (χ0n) is 20.0. The minimum absolute atomic E-state index is 0.119. The molecule has 1 heterocycles. The summed E-state index contributed by atoms with van der Waals surface area (Å²) in [5, 5.41) is 2.61. The lowest BCUT2D eigenvalue weighted by Crippen LogP contribution is -2.42. The second-order valence-corrected chi connectivity index (χ2v) is 9.66. The quantitative estimate of drug-likeness (QED) is 0.420. The molecule has 3 aromatic rings. The number of nitrogens with one attached hydrogen (secondary N) is 2. The van der Waals surface area contributed by atoms with Crippen molar-refractivity contribution in [1.29, 1.82) is 0 Å². The number of nitrogen functional groups attached to an aromatic ring is 1. The second kappa shape index (κ2) is 10.7. The van der Waals surface area contributed by atoms with Crippen molar-refractivity contribution in [1.82, 2.24) is 24.5 Å². The van der Waals surface area contributed by atoms with Crippen molar-refractivity contribution in [2.45, 2.75) is 25.3 Å². The Labute approximate surface area is 201 Å². The number of rotatable bonds is 9. The van der Waals surface area contributed by atoms with Gasteiger partial charge in [0.25, 0.3) is 0 Å². The first-order chi connectivity index (χ1) is 16.1. The lowest BCUT2D eigenvalue weighted by Gasteiger charge is -2.20. The van der Waals surface area contributed by atoms with Gasteiger partial charge in [-0.25, -0.2) is 13.5 Å². The predicted molar refractivity (Wildman–Crippen MR) is 131 cm³/mol. The van der Waals surface area contributed by atoms with Crippen LogP contribution < -0.4 is 15.8 Å². The number of aromatic amines is 1. The van der Waals surface area contributed by atoms with Gasteiger partial charge in [0.1, 0.15) is 16.7 Å². The van der Waals surface area contributed by atoms with E-state index in [0.717, 1.165) is 27.7 Å². The first kappa shape index (κ1) is 25.2. The molecule has 1 atom stereocenters. The van der Waals surface area contributed by atoms with Crippen molar-refractivity contribution in [3.05, 3.63) is 47.0 Å². The third-order valence-corrected chi connectivity index (χ3v) is 7.03. The van der Waals surface area contributed by atoms with Gasteiger partial charge in [0.05, 0.1) is 36.1 Å². The highest BCUT2D eigenvalue weighted by Gasteiger charge is 2.20. The Morgan fingerprint density at radius 3 is 2.50 bits per heavy atom. The number of amides is 2. The predicted octanol–water partition coefficient (Wildman–Crippen LogP) is 1.50. The maximum atomic E-state index is 13.0. The zero-order valence-corrected chi connectivity index (χ0v) is 20.8. The van der Waals surface area contributed by atoms with Crippen molar-refractivity contribution in [3.63, 3.8) is 0 Å². The van der Waals surface area contributed by atoms with Gasteiger partial charge in [-0.3, -0.25) is 9.59 Å². The molecule has 3 rings (SSSR count). The highest BCUT2D eigenvalue weighted by atomic mass is 32.2. The Kier molecular flexibility index (Phi) is 7.90. The fourth-order valence-corrected chi connectivity index (χ4v) is 4.84. The number of H-pyrrole nitrogens is 1. The summed E-state index contributed by atoms with van der Waals surface area (Å²) in [5.41, 5.74) is 9.75. The molecule has 0 fully saturated rings. The highest BCUT2D eigenvalue weighted by molar-refractivity contribution is 7.82. The number of carbonyl (C=O) groups excluding carboxylic acids is 2. The molecule has 0 aliphatic carbocycles. The van der Waals surface area contributed by atoms with E-state index in [4.69, 9.17) is 10.5 Å². The van der Waals surface area contributed by atoms with Crippen LogP contribution in [0.15, 0.2) is 35.2 Å². The lowest BCUT2D eigenvalue weighted by molar-refractivity contribution is -0.132. The standard InChI is InChI=1S/C23H30N6O4S/c1-14-8-17(33-5)9-15(2)22(14)34(32)29(4)13-20(30)25-11-21(31)28(3)12-16-6-7-18-19(10-16)27-23(24)26-18/h6-10H,11-13H2,1-5H3,(H,25,30)(H3,24,26,27). The summed E-state index contributed by atoms with van der Waals surface area (Å²) < 4.78 is 19.7. The normalized spacial score (nSPS) is 12.1. The van der Waals surface area contributed by atoms with Crippen LogP contribution in [0.2, 0.25) is 0 Å². The zero-order chi connectivity index (χ0) is 25.0. The van der Waals surface area contributed by atoms with Crippen LogP contribution in [0.3, 0.4) is 0 Å². The van der Waals surface area contributed by atoms with Crippen molar-refractivity contribution in [3.8, 4) is 5.75 Å². The Morgan fingerprint density at radius 2 is 1.85 bits per heavy atom. The van der Waals surface area contributed by atoms with Crippen LogP contribution >= 0.6 is 0 Å². The lowest BCUT2D eigenvalue weighted by atomic mass is 10.1. The Hall–Kier alpha value is -3.44. The van der Waals surface area contributed by atoms with E-state index in [0.29, 0.717) is 23.1 Å². The Morgan fingerprint density at radius 1 is 1.18 bits per heavy atom. The largest absolute Gasteiger partial charge is 0.497 e. The van der Waals surface area contributed by atoms with Gasteiger partial charge in [-0.05, 0) is 54.8 Å². The molecule has 11 heteroatoms. The topological polar surface area (TPSA) is 134 Å². The fraction of sp³-hybridized carbons (Fsp3) is 0.348. The molecule has 10 nitrogen and oxygen atoms in total. The molecule has 0 aliphatic heterocycles. The van der Waals surface area contributed by atoms with E-state index in [1.54, 1.807) is 21.2 Å². The fourth-order valence-electron chi connectivity index (χ4n) is 3.62. The number of carbonyl (C=O) groups is 2. The number of nitrogens with zero attached hydrogens (tertiary/aromatic N) is 3. The van der Waals surface area contributed by atoms with E-state index >= 15 is 0 Å². The van der Waals surface area contributed by atoms with E-state index < -0.39 is 16.9 Å². The molecule has 1 unspecified atom stereocenters. The third-order valence-electron chi connectivity index (χ3n) is 5.34. The minimum Gasteiger partial charge on any atom is -0.497 e. The number of hydrogen-bond donors (Lipinski definition) is 3. The number of imidazole rings is 1. The number of ether oxygens (including phenoxy) is 1. The number of aromatic nitrogens is 2. The molecule has 0 saturated heterocycles. The minimum atomic E-state index is -1.54. The number of aryl methyl sites for hydroxylation is 2. The molecule has 0 spiro atoms. The van der Waals surface area contributed by atoms with Gasteiger partial charge in [0, 0.05) is 20.6 Å². The molecular formula is C23H30N6O4S. The van der Waals surface area contributed by atoms with E-state index in [2.05, 4.69) is 15.3 Å².